The van der Waals surface area contributed by atoms with Crippen molar-refractivity contribution in [2.24, 2.45) is 5.41 Å². The minimum Gasteiger partial charge on any atom is -0.380 e. The average Bonchev–Trinajstić information content (AvgIpc) is 2.09. The molecule has 3 heteroatoms. The summed E-state index contributed by atoms with van der Waals surface area (Å²) in [5.74, 6) is 0. The molecule has 0 radical (unpaired) electrons. The number of hydrogen-bond acceptors (Lipinski definition) is 3. The van der Waals surface area contributed by atoms with Crippen LogP contribution in [0.4, 0.5) is 0 Å². The molecule has 0 aromatic carbocycles. The summed E-state index contributed by atoms with van der Waals surface area (Å²) >= 11 is 0. The molecule has 1 heterocycles. The van der Waals surface area contributed by atoms with E-state index in [2.05, 4.69) is 19.2 Å². The first-order valence-corrected chi connectivity index (χ1v) is 5.19. The van der Waals surface area contributed by atoms with Crippen LogP contribution in [0, 0.1) is 5.41 Å². The zero-order valence-corrected chi connectivity index (χ0v) is 8.77. The molecule has 0 aromatic rings. The molecule has 0 atom stereocenters. The summed E-state index contributed by atoms with van der Waals surface area (Å²) in [7, 11) is 0. The summed E-state index contributed by atoms with van der Waals surface area (Å²) < 4.78 is 10.8. The van der Waals surface area contributed by atoms with Gasteiger partial charge in [0, 0.05) is 12.0 Å². The Kier molecular flexibility index (Phi) is 4.70. The fourth-order valence-corrected chi connectivity index (χ4v) is 1.39. The highest BCUT2D eigenvalue weighted by molar-refractivity contribution is 4.83. The number of rotatable bonds is 7. The topological polar surface area (TPSA) is 30.5 Å². The Morgan fingerprint density at radius 1 is 1.38 bits per heavy atom. The molecule has 1 aliphatic heterocycles. The van der Waals surface area contributed by atoms with E-state index in [1.807, 2.05) is 0 Å². The van der Waals surface area contributed by atoms with Crippen molar-refractivity contribution in [3.63, 3.8) is 0 Å². The van der Waals surface area contributed by atoms with Crippen LogP contribution in [-0.4, -0.2) is 39.5 Å². The van der Waals surface area contributed by atoms with E-state index in [0.29, 0.717) is 5.41 Å². The second kappa shape index (κ2) is 5.58. The van der Waals surface area contributed by atoms with Gasteiger partial charge in [-0.25, -0.2) is 0 Å². The minimum absolute atomic E-state index is 0.339. The van der Waals surface area contributed by atoms with E-state index < -0.39 is 0 Å². The molecule has 0 saturated carbocycles. The standard InChI is InChI=1S/C10H21NO2/c1-3-10(8-13-9-10)7-12-6-5-11-4-2/h11H,3-9H2,1-2H3. The van der Waals surface area contributed by atoms with Gasteiger partial charge in [-0.05, 0) is 13.0 Å². The van der Waals surface area contributed by atoms with Crippen molar-refractivity contribution in [1.82, 2.24) is 5.32 Å². The van der Waals surface area contributed by atoms with E-state index >= 15 is 0 Å². The maximum atomic E-state index is 5.59. The Labute approximate surface area is 80.8 Å². The van der Waals surface area contributed by atoms with Crippen LogP contribution in [0.2, 0.25) is 0 Å². The molecule has 13 heavy (non-hydrogen) atoms. The minimum atomic E-state index is 0.339. The summed E-state index contributed by atoms with van der Waals surface area (Å²) in [6.07, 6.45) is 1.16. The molecule has 3 nitrogen and oxygen atoms in total. The second-order valence-corrected chi connectivity index (χ2v) is 3.75. The van der Waals surface area contributed by atoms with Gasteiger partial charge >= 0.3 is 0 Å². The Hall–Kier alpha value is -0.120. The smallest absolute Gasteiger partial charge is 0.0591 e. The predicted molar refractivity (Wildman–Crippen MR) is 52.9 cm³/mol. The lowest BCUT2D eigenvalue weighted by molar-refractivity contribution is -0.149. The third-order valence-corrected chi connectivity index (χ3v) is 2.65. The van der Waals surface area contributed by atoms with Crippen LogP contribution in [0.5, 0.6) is 0 Å². The van der Waals surface area contributed by atoms with Crippen molar-refractivity contribution in [1.29, 1.82) is 0 Å². The van der Waals surface area contributed by atoms with Crippen LogP contribution < -0.4 is 5.32 Å². The number of nitrogens with one attached hydrogen (secondary N) is 1. The van der Waals surface area contributed by atoms with E-state index in [1.54, 1.807) is 0 Å². The zero-order valence-electron chi connectivity index (χ0n) is 8.77. The Morgan fingerprint density at radius 2 is 2.15 bits per heavy atom. The highest BCUT2D eigenvalue weighted by Gasteiger charge is 2.36. The molecular weight excluding hydrogens is 166 g/mol. The quantitative estimate of drug-likeness (QED) is 0.604. The SMILES string of the molecule is CCNCCOCC1(CC)COC1. The molecule has 78 valence electrons. The molecule has 1 rings (SSSR count). The first kappa shape index (κ1) is 11.0. The Balaban J connectivity index is 1.98. The fraction of sp³-hybridized carbons (Fsp3) is 1.00. The lowest BCUT2D eigenvalue weighted by Gasteiger charge is -2.40. The van der Waals surface area contributed by atoms with Gasteiger partial charge in [-0.2, -0.15) is 0 Å². The molecule has 0 amide bonds. The van der Waals surface area contributed by atoms with Crippen LogP contribution >= 0.6 is 0 Å². The summed E-state index contributed by atoms with van der Waals surface area (Å²) in [6, 6.07) is 0. The van der Waals surface area contributed by atoms with Crippen LogP contribution in [0.25, 0.3) is 0 Å². The molecule has 0 spiro atoms. The van der Waals surface area contributed by atoms with Gasteiger partial charge in [-0.3, -0.25) is 0 Å². The Morgan fingerprint density at radius 3 is 2.62 bits per heavy atom. The van der Waals surface area contributed by atoms with Gasteiger partial charge in [0.25, 0.3) is 0 Å². The predicted octanol–water partition coefficient (Wildman–Crippen LogP) is 1.04. The van der Waals surface area contributed by atoms with Crippen molar-refractivity contribution < 1.29 is 9.47 Å². The maximum Gasteiger partial charge on any atom is 0.0591 e. The first-order chi connectivity index (χ1) is 6.33. The summed E-state index contributed by atoms with van der Waals surface area (Å²) in [4.78, 5) is 0. The first-order valence-electron chi connectivity index (χ1n) is 5.19. The van der Waals surface area contributed by atoms with Gasteiger partial charge in [-0.15, -0.1) is 0 Å². The van der Waals surface area contributed by atoms with E-state index in [4.69, 9.17) is 9.47 Å². The fourth-order valence-electron chi connectivity index (χ4n) is 1.39. The Bertz CT molecular complexity index is 129. The third-order valence-electron chi connectivity index (χ3n) is 2.65. The second-order valence-electron chi connectivity index (χ2n) is 3.75. The largest absolute Gasteiger partial charge is 0.380 e. The molecule has 0 aromatic heterocycles. The van der Waals surface area contributed by atoms with E-state index in [1.165, 1.54) is 0 Å². The summed E-state index contributed by atoms with van der Waals surface area (Å²) in [5, 5.41) is 3.23. The number of ether oxygens (including phenoxy) is 2. The number of likely N-dealkylation sites (N-methyl/N-ethyl adjacent to an activating group) is 1. The van der Waals surface area contributed by atoms with Gasteiger partial charge in [0.15, 0.2) is 0 Å². The lowest BCUT2D eigenvalue weighted by Crippen LogP contribution is -2.46. The lowest BCUT2D eigenvalue weighted by atomic mass is 9.84. The van der Waals surface area contributed by atoms with Crippen LogP contribution in [-0.2, 0) is 9.47 Å². The van der Waals surface area contributed by atoms with Crippen molar-refractivity contribution in [2.45, 2.75) is 20.3 Å². The molecule has 0 unspecified atom stereocenters. The van der Waals surface area contributed by atoms with Gasteiger partial charge in [0.1, 0.15) is 0 Å². The maximum absolute atomic E-state index is 5.59. The van der Waals surface area contributed by atoms with Crippen LogP contribution in [0.15, 0.2) is 0 Å². The highest BCUT2D eigenvalue weighted by atomic mass is 16.5. The van der Waals surface area contributed by atoms with Gasteiger partial charge in [0.2, 0.25) is 0 Å². The zero-order chi connectivity index (χ0) is 9.57. The van der Waals surface area contributed by atoms with Gasteiger partial charge < -0.3 is 14.8 Å². The van der Waals surface area contributed by atoms with E-state index in [9.17, 15) is 0 Å². The van der Waals surface area contributed by atoms with Gasteiger partial charge in [0.05, 0.1) is 26.4 Å². The molecular formula is C10H21NO2. The van der Waals surface area contributed by atoms with Crippen molar-refractivity contribution in [3.05, 3.63) is 0 Å². The van der Waals surface area contributed by atoms with Crippen molar-refractivity contribution >= 4 is 0 Å². The average molecular weight is 187 g/mol. The highest BCUT2D eigenvalue weighted by Crippen LogP contribution is 2.31. The summed E-state index contributed by atoms with van der Waals surface area (Å²) in [5.41, 5.74) is 0.339. The molecule has 0 bridgehead atoms. The normalized spacial score (nSPS) is 19.8. The molecule has 1 fully saturated rings. The molecule has 0 aliphatic carbocycles. The van der Waals surface area contributed by atoms with Crippen molar-refractivity contribution in [3.8, 4) is 0 Å². The summed E-state index contributed by atoms with van der Waals surface area (Å²) in [6.45, 7) is 9.71. The van der Waals surface area contributed by atoms with E-state index in [0.717, 1.165) is 45.9 Å². The molecule has 1 saturated heterocycles. The van der Waals surface area contributed by atoms with E-state index in [-0.39, 0.29) is 0 Å². The van der Waals surface area contributed by atoms with Crippen molar-refractivity contribution in [2.75, 3.05) is 39.5 Å². The van der Waals surface area contributed by atoms with Crippen LogP contribution in [0.1, 0.15) is 20.3 Å². The molecule has 1 aliphatic rings. The third kappa shape index (κ3) is 3.25. The molecule has 1 N–H and O–H groups in total. The number of hydrogen-bond donors (Lipinski definition) is 1. The monoisotopic (exact) mass is 187 g/mol. The van der Waals surface area contributed by atoms with Crippen LogP contribution in [0.3, 0.4) is 0 Å². The van der Waals surface area contributed by atoms with Gasteiger partial charge in [-0.1, -0.05) is 13.8 Å².